The third-order valence-electron chi connectivity index (χ3n) is 9.49. The number of nitrogens with zero attached hydrogens (tertiary/aromatic N) is 4. The molecule has 9 rings (SSSR count). The SMILES string of the molecule is COc1cccc(-c2c3nc(c(C4SCC5(CSCSC5)CS4)c4ccc([n-]4)c(-c4cccc(OC)c4)c4nc(cc5ccc2[n-]5)C=C4)C=C3)c1.[Ni+2]. The maximum absolute atomic E-state index is 5.64. The Hall–Kier alpha value is -3.47. The zero-order valence-electron chi connectivity index (χ0n) is 28.5. The molecule has 3 aromatic heterocycles. The van der Waals surface area contributed by atoms with Crippen molar-refractivity contribution >= 4 is 93.4 Å². The Morgan fingerprint density at radius 1 is 0.635 bits per heavy atom. The summed E-state index contributed by atoms with van der Waals surface area (Å²) >= 11 is 8.28. The number of rotatable bonds is 5. The summed E-state index contributed by atoms with van der Waals surface area (Å²) in [5.74, 6) is 6.31. The second-order valence-corrected chi connectivity index (χ2v) is 17.8. The molecule has 2 aromatic carbocycles. The van der Waals surface area contributed by atoms with E-state index in [9.17, 15) is 0 Å². The molecule has 0 amide bonds. The molecule has 2 saturated heterocycles. The Kier molecular flexibility index (Phi) is 10.3. The molecule has 0 unspecified atom stereocenters. The van der Waals surface area contributed by atoms with Gasteiger partial charge in [-0.15, -0.1) is 45.6 Å². The van der Waals surface area contributed by atoms with E-state index in [0.29, 0.717) is 5.41 Å². The number of methoxy groups -OCH3 is 2. The summed E-state index contributed by atoms with van der Waals surface area (Å²) < 4.78 is 11.5. The molecule has 0 aliphatic carbocycles. The van der Waals surface area contributed by atoms with Crippen LogP contribution in [0.1, 0.15) is 32.9 Å². The van der Waals surface area contributed by atoms with Gasteiger partial charge in [-0.2, -0.15) is 23.5 Å². The van der Waals surface area contributed by atoms with Crippen molar-refractivity contribution in [1.29, 1.82) is 0 Å². The fourth-order valence-electron chi connectivity index (χ4n) is 6.98. The quantitative estimate of drug-likeness (QED) is 0.157. The first kappa shape index (κ1) is 35.6. The molecule has 2 fully saturated rings. The number of hydrogen-bond donors (Lipinski definition) is 0. The van der Waals surface area contributed by atoms with Crippen LogP contribution < -0.4 is 19.4 Å². The molecule has 5 aromatic rings. The van der Waals surface area contributed by atoms with Crippen LogP contribution in [-0.2, 0) is 16.5 Å². The Bertz CT molecular complexity index is 2320. The van der Waals surface area contributed by atoms with Gasteiger partial charge in [0.25, 0.3) is 0 Å². The third-order valence-corrected chi connectivity index (χ3v) is 15.9. The van der Waals surface area contributed by atoms with Gasteiger partial charge in [0.1, 0.15) is 11.5 Å². The molecule has 264 valence electrons. The minimum Gasteiger partial charge on any atom is -0.657 e. The smallest absolute Gasteiger partial charge is 0.657 e. The van der Waals surface area contributed by atoms with Gasteiger partial charge in [-0.05, 0) is 76.4 Å². The minimum atomic E-state index is 0. The van der Waals surface area contributed by atoms with Crippen molar-refractivity contribution in [2.24, 2.45) is 5.41 Å². The van der Waals surface area contributed by atoms with E-state index in [4.69, 9.17) is 29.4 Å². The number of hydrogen-bond acceptors (Lipinski definition) is 8. The van der Waals surface area contributed by atoms with Crippen molar-refractivity contribution < 1.29 is 26.0 Å². The van der Waals surface area contributed by atoms with Gasteiger partial charge in [0.15, 0.2) is 0 Å². The van der Waals surface area contributed by atoms with Gasteiger partial charge in [-0.1, -0.05) is 54.6 Å². The molecular formula is C41H34N4NiO2S4. The van der Waals surface area contributed by atoms with Crippen molar-refractivity contribution in [2.75, 3.05) is 42.3 Å². The van der Waals surface area contributed by atoms with Crippen LogP contribution in [0.4, 0.5) is 0 Å². The number of thioether (sulfide) groups is 4. The van der Waals surface area contributed by atoms with Gasteiger partial charge in [0.2, 0.25) is 0 Å². The fourth-order valence-corrected chi connectivity index (χ4v) is 13.6. The molecule has 11 heteroatoms. The Morgan fingerprint density at radius 2 is 1.23 bits per heavy atom. The first-order valence-corrected chi connectivity index (χ1v) is 21.2. The van der Waals surface area contributed by atoms with Crippen LogP contribution in [0.2, 0.25) is 0 Å². The van der Waals surface area contributed by atoms with Gasteiger partial charge in [-0.3, -0.25) is 0 Å². The molecule has 0 N–H and O–H groups in total. The van der Waals surface area contributed by atoms with Gasteiger partial charge >= 0.3 is 16.5 Å². The Balaban J connectivity index is 0.00000387. The summed E-state index contributed by atoms with van der Waals surface area (Å²) in [6.45, 7) is 0. The monoisotopic (exact) mass is 800 g/mol. The van der Waals surface area contributed by atoms with Crippen LogP contribution >= 0.6 is 47.0 Å². The van der Waals surface area contributed by atoms with Crippen molar-refractivity contribution in [1.82, 2.24) is 19.9 Å². The molecule has 6 nitrogen and oxygen atoms in total. The van der Waals surface area contributed by atoms with Crippen molar-refractivity contribution in [3.05, 3.63) is 107 Å². The van der Waals surface area contributed by atoms with Gasteiger partial charge in [0, 0.05) is 33.5 Å². The predicted molar refractivity (Wildman–Crippen MR) is 221 cm³/mol. The van der Waals surface area contributed by atoms with E-state index in [1.807, 2.05) is 42.5 Å². The van der Waals surface area contributed by atoms with Crippen molar-refractivity contribution in [3.63, 3.8) is 0 Å². The second kappa shape index (κ2) is 15.1. The average molecular weight is 802 g/mol. The fraction of sp³-hybridized carbons (Fsp3) is 0.220. The van der Waals surface area contributed by atoms with Crippen LogP contribution in [0.25, 0.3) is 68.6 Å². The molecule has 1 spiro atoms. The van der Waals surface area contributed by atoms with E-state index in [1.165, 1.54) is 16.6 Å². The van der Waals surface area contributed by atoms with E-state index in [2.05, 4.69) is 108 Å². The summed E-state index contributed by atoms with van der Waals surface area (Å²) in [4.78, 5) is 21.1. The van der Waals surface area contributed by atoms with Crippen LogP contribution in [-0.4, -0.2) is 52.3 Å². The van der Waals surface area contributed by atoms with Crippen LogP contribution in [0, 0.1) is 5.41 Å². The van der Waals surface area contributed by atoms with Crippen molar-refractivity contribution in [2.45, 2.75) is 4.58 Å². The first-order valence-electron chi connectivity index (χ1n) is 16.8. The van der Waals surface area contributed by atoms with E-state index in [0.717, 1.165) is 95.7 Å². The van der Waals surface area contributed by atoms with Crippen molar-refractivity contribution in [3.8, 4) is 33.8 Å². The summed E-state index contributed by atoms with van der Waals surface area (Å²) in [6.07, 6.45) is 8.43. The number of ether oxygens (including phenoxy) is 2. The summed E-state index contributed by atoms with van der Waals surface area (Å²) in [5, 5.41) is 1.20. The maximum atomic E-state index is 5.64. The Morgan fingerprint density at radius 3 is 1.92 bits per heavy atom. The molecule has 0 atom stereocenters. The maximum Gasteiger partial charge on any atom is 2.00 e. The van der Waals surface area contributed by atoms with Crippen LogP contribution in [0.15, 0.2) is 78.9 Å². The van der Waals surface area contributed by atoms with E-state index in [-0.39, 0.29) is 21.1 Å². The first-order chi connectivity index (χ1) is 25.1. The number of fused-ring (bicyclic) bond motifs is 8. The van der Waals surface area contributed by atoms with E-state index in [1.54, 1.807) is 14.2 Å². The number of benzene rings is 2. The van der Waals surface area contributed by atoms with E-state index >= 15 is 0 Å². The zero-order valence-corrected chi connectivity index (χ0v) is 32.7. The topological polar surface area (TPSA) is 72.4 Å². The largest absolute Gasteiger partial charge is 2.00 e. The zero-order chi connectivity index (χ0) is 34.4. The summed E-state index contributed by atoms with van der Waals surface area (Å²) in [5.41, 5.74) is 12.5. The molecule has 4 aliphatic heterocycles. The normalized spacial score (nSPS) is 16.5. The average Bonchev–Trinajstić information content (AvgIpc) is 4.01. The Labute approximate surface area is 330 Å². The molecule has 7 heterocycles. The van der Waals surface area contributed by atoms with Crippen LogP contribution in [0.3, 0.4) is 0 Å². The number of aromatic nitrogens is 4. The predicted octanol–water partition coefficient (Wildman–Crippen LogP) is 10.2. The van der Waals surface area contributed by atoms with Gasteiger partial charge in [-0.25, -0.2) is 9.97 Å². The van der Waals surface area contributed by atoms with Gasteiger partial charge < -0.3 is 19.4 Å². The second-order valence-electron chi connectivity index (χ2n) is 13.0. The third kappa shape index (κ3) is 6.87. The molecule has 8 bridgehead atoms. The molecule has 52 heavy (non-hydrogen) atoms. The standard InChI is InChI=1S/C41H34N4O2S4.Ni/c1-46-29-7-3-5-25(17-29)37-31-11-9-27(42-31)19-28-10-12-32(43-28)38(26-6-4-8-30(18-26)47-2)34-14-16-36(45-34)39(35-15-13-33(37)44-35)40-50-22-41(23-51-40)20-48-24-49-21-41;/h3-19,40H,20-24H2,1-2H3;/q-2;+2. The van der Waals surface area contributed by atoms with E-state index < -0.39 is 0 Å². The summed E-state index contributed by atoms with van der Waals surface area (Å²) in [7, 11) is 3.40. The van der Waals surface area contributed by atoms with Gasteiger partial charge in [0.05, 0.1) is 41.6 Å². The molecule has 0 radical (unpaired) electrons. The van der Waals surface area contributed by atoms with Crippen LogP contribution in [0.5, 0.6) is 11.5 Å². The summed E-state index contributed by atoms with van der Waals surface area (Å²) in [6, 6.07) is 26.8. The minimum absolute atomic E-state index is 0. The molecule has 4 aliphatic rings. The molecular weight excluding hydrogens is 767 g/mol. The molecule has 0 saturated carbocycles.